The molecule has 7 heteroatoms. The van der Waals surface area contributed by atoms with E-state index in [1.165, 1.54) is 0 Å². The van der Waals surface area contributed by atoms with Crippen molar-refractivity contribution in [1.82, 2.24) is 24.7 Å². The van der Waals surface area contributed by atoms with E-state index in [4.69, 9.17) is 0 Å². The maximum atomic E-state index is 4.50. The van der Waals surface area contributed by atoms with Crippen LogP contribution in [0.3, 0.4) is 0 Å². The van der Waals surface area contributed by atoms with E-state index in [1.54, 1.807) is 18.0 Å². The lowest BCUT2D eigenvalue weighted by Gasteiger charge is -1.99. The molecule has 0 amide bonds. The average molecular weight is 350 g/mol. The number of halogens is 1. The molecule has 0 saturated carbocycles. The van der Waals surface area contributed by atoms with Gasteiger partial charge in [-0.25, -0.2) is 9.97 Å². The SMILES string of the molecule is Cn1ccnc1CSc1n[nH]c(-c2ccccc2Br)n1. The first-order valence-electron chi connectivity index (χ1n) is 6.00. The normalized spacial score (nSPS) is 10.9. The fraction of sp³-hybridized carbons (Fsp3) is 0.154. The van der Waals surface area contributed by atoms with Crippen LogP contribution in [0.15, 0.2) is 46.3 Å². The summed E-state index contributed by atoms with van der Waals surface area (Å²) in [6, 6.07) is 7.93. The maximum Gasteiger partial charge on any atom is 0.209 e. The minimum atomic E-state index is 0.721. The molecule has 0 fully saturated rings. The summed E-state index contributed by atoms with van der Waals surface area (Å²) in [7, 11) is 1.98. The third-order valence-corrected chi connectivity index (χ3v) is 4.38. The molecule has 3 aromatic rings. The van der Waals surface area contributed by atoms with Crippen LogP contribution in [0.1, 0.15) is 5.82 Å². The van der Waals surface area contributed by atoms with Gasteiger partial charge in [0.15, 0.2) is 5.82 Å². The number of rotatable bonds is 4. The molecule has 20 heavy (non-hydrogen) atoms. The lowest BCUT2D eigenvalue weighted by atomic mass is 10.2. The van der Waals surface area contributed by atoms with Gasteiger partial charge in [0.25, 0.3) is 0 Å². The van der Waals surface area contributed by atoms with E-state index in [1.807, 2.05) is 42.1 Å². The molecule has 1 N–H and O–H groups in total. The quantitative estimate of drug-likeness (QED) is 0.734. The Morgan fingerprint density at radius 2 is 2.20 bits per heavy atom. The standard InChI is InChI=1S/C13H12BrN5S/c1-19-7-6-15-11(19)8-20-13-16-12(17-18-13)9-4-2-3-5-10(9)14/h2-7H,8H2,1H3,(H,16,17,18). The number of nitrogens with zero attached hydrogens (tertiary/aromatic N) is 4. The number of benzene rings is 1. The number of imidazole rings is 1. The number of hydrogen-bond donors (Lipinski definition) is 1. The van der Waals surface area contributed by atoms with Gasteiger partial charge in [-0.3, -0.25) is 5.10 Å². The van der Waals surface area contributed by atoms with Gasteiger partial charge < -0.3 is 4.57 Å². The van der Waals surface area contributed by atoms with Crippen LogP contribution in [0.4, 0.5) is 0 Å². The van der Waals surface area contributed by atoms with Crippen LogP contribution in [-0.4, -0.2) is 24.7 Å². The number of hydrogen-bond acceptors (Lipinski definition) is 4. The van der Waals surface area contributed by atoms with Crippen LogP contribution in [0.2, 0.25) is 0 Å². The smallest absolute Gasteiger partial charge is 0.209 e. The Morgan fingerprint density at radius 1 is 1.35 bits per heavy atom. The van der Waals surface area contributed by atoms with Crippen molar-refractivity contribution in [3.8, 4) is 11.4 Å². The molecule has 0 spiro atoms. The molecule has 1 aromatic carbocycles. The Labute approximate surface area is 129 Å². The van der Waals surface area contributed by atoms with Crippen molar-refractivity contribution in [2.75, 3.05) is 0 Å². The summed E-state index contributed by atoms with van der Waals surface area (Å²) in [4.78, 5) is 8.78. The van der Waals surface area contributed by atoms with E-state index >= 15 is 0 Å². The van der Waals surface area contributed by atoms with Gasteiger partial charge in [-0.15, -0.1) is 5.10 Å². The van der Waals surface area contributed by atoms with Crippen molar-refractivity contribution in [3.05, 3.63) is 47.0 Å². The van der Waals surface area contributed by atoms with Crippen molar-refractivity contribution in [1.29, 1.82) is 0 Å². The second kappa shape index (κ2) is 5.80. The second-order valence-corrected chi connectivity index (χ2v) is 5.99. The highest BCUT2D eigenvalue weighted by Crippen LogP contribution is 2.27. The Hall–Kier alpha value is -1.60. The Bertz CT molecular complexity index is 721. The minimum Gasteiger partial charge on any atom is -0.337 e. The van der Waals surface area contributed by atoms with E-state index in [0.29, 0.717) is 0 Å². The fourth-order valence-corrected chi connectivity index (χ4v) is 3.02. The van der Waals surface area contributed by atoms with Gasteiger partial charge in [-0.1, -0.05) is 45.9 Å². The summed E-state index contributed by atoms with van der Waals surface area (Å²) in [6.45, 7) is 0. The van der Waals surface area contributed by atoms with Crippen molar-refractivity contribution in [3.63, 3.8) is 0 Å². The van der Waals surface area contributed by atoms with Crippen LogP contribution in [-0.2, 0) is 12.8 Å². The maximum absolute atomic E-state index is 4.50. The molecule has 0 bridgehead atoms. The largest absolute Gasteiger partial charge is 0.337 e. The van der Waals surface area contributed by atoms with Gasteiger partial charge in [0, 0.05) is 29.5 Å². The molecule has 2 heterocycles. The molecule has 5 nitrogen and oxygen atoms in total. The zero-order valence-electron chi connectivity index (χ0n) is 10.7. The van der Waals surface area contributed by atoms with Crippen LogP contribution in [0, 0.1) is 0 Å². The highest BCUT2D eigenvalue weighted by Gasteiger charge is 2.09. The number of nitrogens with one attached hydrogen (secondary N) is 1. The van der Waals surface area contributed by atoms with Crippen LogP contribution < -0.4 is 0 Å². The van der Waals surface area contributed by atoms with Gasteiger partial charge in [0.2, 0.25) is 5.16 Å². The van der Waals surface area contributed by atoms with E-state index in [0.717, 1.165) is 32.6 Å². The van der Waals surface area contributed by atoms with Crippen LogP contribution in [0.5, 0.6) is 0 Å². The summed E-state index contributed by atoms with van der Waals surface area (Å²) in [5.41, 5.74) is 1.00. The topological polar surface area (TPSA) is 59.4 Å². The van der Waals surface area contributed by atoms with Crippen LogP contribution >= 0.6 is 27.7 Å². The number of aryl methyl sites for hydroxylation is 1. The number of aromatic amines is 1. The highest BCUT2D eigenvalue weighted by molar-refractivity contribution is 9.10. The zero-order chi connectivity index (χ0) is 13.9. The lowest BCUT2D eigenvalue weighted by molar-refractivity contribution is 0.847. The molecule has 0 radical (unpaired) electrons. The minimum absolute atomic E-state index is 0.721. The van der Waals surface area contributed by atoms with E-state index in [2.05, 4.69) is 36.1 Å². The summed E-state index contributed by atoms with van der Waals surface area (Å²) in [6.07, 6.45) is 3.72. The lowest BCUT2D eigenvalue weighted by Crippen LogP contribution is -1.94. The average Bonchev–Trinajstić information content (AvgIpc) is 3.06. The summed E-state index contributed by atoms with van der Waals surface area (Å²) in [5.74, 6) is 2.51. The van der Waals surface area contributed by atoms with Gasteiger partial charge >= 0.3 is 0 Å². The number of aromatic nitrogens is 5. The Balaban J connectivity index is 1.74. The zero-order valence-corrected chi connectivity index (χ0v) is 13.1. The fourth-order valence-electron chi connectivity index (χ4n) is 1.75. The molecule has 0 saturated heterocycles. The molecular formula is C13H12BrN5S. The number of H-pyrrole nitrogens is 1. The molecule has 0 aliphatic carbocycles. The molecule has 102 valence electrons. The predicted octanol–water partition coefficient (Wildman–Crippen LogP) is 3.26. The Morgan fingerprint density at radius 3 is 2.95 bits per heavy atom. The third kappa shape index (κ3) is 2.78. The number of thioether (sulfide) groups is 1. The monoisotopic (exact) mass is 349 g/mol. The van der Waals surface area contributed by atoms with Crippen LogP contribution in [0.25, 0.3) is 11.4 Å². The molecule has 2 aromatic heterocycles. The van der Waals surface area contributed by atoms with E-state index in [-0.39, 0.29) is 0 Å². The van der Waals surface area contributed by atoms with E-state index in [9.17, 15) is 0 Å². The van der Waals surface area contributed by atoms with Crippen molar-refractivity contribution in [2.24, 2.45) is 7.05 Å². The Kier molecular flexibility index (Phi) is 3.88. The molecule has 0 aliphatic heterocycles. The van der Waals surface area contributed by atoms with Gasteiger partial charge in [0.1, 0.15) is 5.82 Å². The second-order valence-electron chi connectivity index (χ2n) is 4.19. The molecule has 3 rings (SSSR count). The van der Waals surface area contributed by atoms with E-state index < -0.39 is 0 Å². The summed E-state index contributed by atoms with van der Waals surface area (Å²) in [5, 5.41) is 7.92. The van der Waals surface area contributed by atoms with Gasteiger partial charge in [0.05, 0.1) is 5.75 Å². The summed E-state index contributed by atoms with van der Waals surface area (Å²) < 4.78 is 2.99. The van der Waals surface area contributed by atoms with Gasteiger partial charge in [-0.05, 0) is 6.07 Å². The first-order chi connectivity index (χ1) is 9.74. The first kappa shape index (κ1) is 13.4. The highest BCUT2D eigenvalue weighted by atomic mass is 79.9. The molecule has 0 atom stereocenters. The summed E-state index contributed by atoms with van der Waals surface area (Å²) >= 11 is 5.08. The first-order valence-corrected chi connectivity index (χ1v) is 7.78. The molecule has 0 aliphatic rings. The molecule has 0 unspecified atom stereocenters. The van der Waals surface area contributed by atoms with Crippen molar-refractivity contribution >= 4 is 27.7 Å². The third-order valence-electron chi connectivity index (χ3n) is 2.85. The van der Waals surface area contributed by atoms with Crippen molar-refractivity contribution < 1.29 is 0 Å². The van der Waals surface area contributed by atoms with Crippen molar-refractivity contribution in [2.45, 2.75) is 10.9 Å². The predicted molar refractivity (Wildman–Crippen MR) is 82.3 cm³/mol. The van der Waals surface area contributed by atoms with Gasteiger partial charge in [-0.2, -0.15) is 0 Å². The molecular weight excluding hydrogens is 338 g/mol.